The van der Waals surface area contributed by atoms with E-state index in [0.717, 1.165) is 10.4 Å². The summed E-state index contributed by atoms with van der Waals surface area (Å²) in [6, 6.07) is 11.4. The Morgan fingerprint density at radius 3 is 2.68 bits per heavy atom. The van der Waals surface area contributed by atoms with Crippen molar-refractivity contribution in [3.8, 4) is 0 Å². The monoisotopic (exact) mass is 276 g/mol. The van der Waals surface area contributed by atoms with E-state index < -0.39 is 5.91 Å². The third-order valence-corrected chi connectivity index (χ3v) is 3.78. The number of hydrogen-bond acceptors (Lipinski definition) is 4. The van der Waals surface area contributed by atoms with Crippen LogP contribution in [-0.2, 0) is 6.54 Å². The highest BCUT2D eigenvalue weighted by atomic mass is 32.1. The van der Waals surface area contributed by atoms with Crippen LogP contribution in [0.4, 0.5) is 0 Å². The molecule has 0 saturated carbocycles. The summed E-state index contributed by atoms with van der Waals surface area (Å²) in [7, 11) is 0. The van der Waals surface area contributed by atoms with Crippen molar-refractivity contribution in [2.24, 2.45) is 5.73 Å². The fourth-order valence-electron chi connectivity index (χ4n) is 1.80. The molecule has 19 heavy (non-hydrogen) atoms. The molecule has 1 amide bonds. The standard InChI is InChI=1S/C14H16N2O2S/c15-14(18)11-6-12(19-9-11)7-16-13(8-17)10-4-2-1-3-5-10/h1-6,9,13,16-17H,7-8H2,(H2,15,18). The maximum Gasteiger partial charge on any atom is 0.249 e. The van der Waals surface area contributed by atoms with Crippen molar-refractivity contribution in [2.45, 2.75) is 12.6 Å². The number of aliphatic hydroxyl groups is 1. The lowest BCUT2D eigenvalue weighted by Gasteiger charge is -2.15. The summed E-state index contributed by atoms with van der Waals surface area (Å²) in [5, 5.41) is 14.4. The average molecular weight is 276 g/mol. The number of thiophene rings is 1. The van der Waals surface area contributed by atoms with E-state index in [0.29, 0.717) is 12.1 Å². The predicted octanol–water partition coefficient (Wildman–Crippen LogP) is 1.67. The molecule has 0 saturated heterocycles. The molecule has 2 rings (SSSR count). The average Bonchev–Trinajstić information content (AvgIpc) is 2.90. The van der Waals surface area contributed by atoms with E-state index in [-0.39, 0.29) is 12.6 Å². The maximum absolute atomic E-state index is 11.0. The Kier molecular flexibility index (Phi) is 4.68. The maximum atomic E-state index is 11.0. The normalized spacial score (nSPS) is 12.3. The molecule has 0 aliphatic heterocycles. The molecule has 0 aliphatic rings. The van der Waals surface area contributed by atoms with Gasteiger partial charge < -0.3 is 16.2 Å². The SMILES string of the molecule is NC(=O)c1csc(CNC(CO)c2ccccc2)c1. The number of carbonyl (C=O) groups excluding carboxylic acids is 1. The summed E-state index contributed by atoms with van der Waals surface area (Å²) in [6.07, 6.45) is 0. The van der Waals surface area contributed by atoms with Gasteiger partial charge in [-0.1, -0.05) is 30.3 Å². The van der Waals surface area contributed by atoms with E-state index in [1.807, 2.05) is 30.3 Å². The molecule has 0 bridgehead atoms. The highest BCUT2D eigenvalue weighted by Gasteiger charge is 2.10. The summed E-state index contributed by atoms with van der Waals surface area (Å²) < 4.78 is 0. The second-order valence-electron chi connectivity index (χ2n) is 4.19. The Bertz CT molecular complexity index is 539. The van der Waals surface area contributed by atoms with Crippen LogP contribution in [0, 0.1) is 0 Å². The Morgan fingerprint density at radius 2 is 2.11 bits per heavy atom. The van der Waals surface area contributed by atoms with Gasteiger partial charge in [0.25, 0.3) is 0 Å². The lowest BCUT2D eigenvalue weighted by atomic mass is 10.1. The number of carbonyl (C=O) groups is 1. The van der Waals surface area contributed by atoms with E-state index >= 15 is 0 Å². The van der Waals surface area contributed by atoms with Crippen LogP contribution in [0.3, 0.4) is 0 Å². The zero-order chi connectivity index (χ0) is 13.7. The number of nitrogens with two attached hydrogens (primary N) is 1. The fourth-order valence-corrected chi connectivity index (χ4v) is 2.62. The van der Waals surface area contributed by atoms with Gasteiger partial charge in [0.05, 0.1) is 18.2 Å². The highest BCUT2D eigenvalue weighted by Crippen LogP contribution is 2.17. The van der Waals surface area contributed by atoms with Gasteiger partial charge in [-0.2, -0.15) is 0 Å². The van der Waals surface area contributed by atoms with Crippen molar-refractivity contribution in [2.75, 3.05) is 6.61 Å². The molecule has 4 N–H and O–H groups in total. The smallest absolute Gasteiger partial charge is 0.249 e. The lowest BCUT2D eigenvalue weighted by molar-refractivity contribution is 0.100. The van der Waals surface area contributed by atoms with Crippen LogP contribution >= 0.6 is 11.3 Å². The quantitative estimate of drug-likeness (QED) is 0.751. The largest absolute Gasteiger partial charge is 0.394 e. The summed E-state index contributed by atoms with van der Waals surface area (Å²) in [4.78, 5) is 12.0. The van der Waals surface area contributed by atoms with Crippen LogP contribution in [-0.4, -0.2) is 17.6 Å². The van der Waals surface area contributed by atoms with E-state index in [1.54, 1.807) is 11.4 Å². The van der Waals surface area contributed by atoms with Crippen molar-refractivity contribution < 1.29 is 9.90 Å². The minimum Gasteiger partial charge on any atom is -0.394 e. The van der Waals surface area contributed by atoms with Crippen LogP contribution in [0.25, 0.3) is 0 Å². The number of nitrogens with one attached hydrogen (secondary N) is 1. The first-order valence-electron chi connectivity index (χ1n) is 5.97. The second-order valence-corrected chi connectivity index (χ2v) is 5.19. The Morgan fingerprint density at radius 1 is 1.37 bits per heavy atom. The van der Waals surface area contributed by atoms with Gasteiger partial charge in [0, 0.05) is 16.8 Å². The zero-order valence-corrected chi connectivity index (χ0v) is 11.2. The highest BCUT2D eigenvalue weighted by molar-refractivity contribution is 7.10. The van der Waals surface area contributed by atoms with Gasteiger partial charge in [0.1, 0.15) is 0 Å². The number of benzene rings is 1. The third-order valence-electron chi connectivity index (χ3n) is 2.85. The van der Waals surface area contributed by atoms with Crippen molar-refractivity contribution in [3.05, 3.63) is 57.8 Å². The van der Waals surface area contributed by atoms with Crippen molar-refractivity contribution in [3.63, 3.8) is 0 Å². The Labute approximate surface area is 115 Å². The molecular formula is C14H16N2O2S. The molecule has 0 radical (unpaired) electrons. The molecule has 1 atom stereocenters. The van der Waals surface area contributed by atoms with Crippen LogP contribution in [0.2, 0.25) is 0 Å². The topological polar surface area (TPSA) is 75.4 Å². The first kappa shape index (κ1) is 13.7. The number of rotatable bonds is 6. The van der Waals surface area contributed by atoms with Gasteiger partial charge in [0.2, 0.25) is 5.91 Å². The van der Waals surface area contributed by atoms with Gasteiger partial charge in [-0.05, 0) is 11.6 Å². The molecule has 2 aromatic rings. The molecule has 0 spiro atoms. The summed E-state index contributed by atoms with van der Waals surface area (Å²) >= 11 is 1.48. The number of aliphatic hydroxyl groups excluding tert-OH is 1. The predicted molar refractivity (Wildman–Crippen MR) is 75.9 cm³/mol. The van der Waals surface area contributed by atoms with Crippen LogP contribution in [0.5, 0.6) is 0 Å². The van der Waals surface area contributed by atoms with Crippen LogP contribution in [0.1, 0.15) is 26.8 Å². The lowest BCUT2D eigenvalue weighted by Crippen LogP contribution is -2.23. The van der Waals surface area contributed by atoms with E-state index in [2.05, 4.69) is 5.32 Å². The van der Waals surface area contributed by atoms with Crippen molar-refractivity contribution in [1.29, 1.82) is 0 Å². The van der Waals surface area contributed by atoms with E-state index in [1.165, 1.54) is 11.3 Å². The van der Waals surface area contributed by atoms with Gasteiger partial charge in [-0.15, -0.1) is 11.3 Å². The van der Waals surface area contributed by atoms with Crippen molar-refractivity contribution >= 4 is 17.2 Å². The van der Waals surface area contributed by atoms with Crippen LogP contribution < -0.4 is 11.1 Å². The molecular weight excluding hydrogens is 260 g/mol. The first-order chi connectivity index (χ1) is 9.20. The molecule has 1 unspecified atom stereocenters. The van der Waals surface area contributed by atoms with E-state index in [4.69, 9.17) is 5.73 Å². The second kappa shape index (κ2) is 6.47. The van der Waals surface area contributed by atoms with Gasteiger partial charge >= 0.3 is 0 Å². The Hall–Kier alpha value is -1.69. The minimum atomic E-state index is -0.413. The summed E-state index contributed by atoms with van der Waals surface area (Å²) in [6.45, 7) is 0.621. The molecule has 1 aromatic heterocycles. The first-order valence-corrected chi connectivity index (χ1v) is 6.85. The molecule has 4 nitrogen and oxygen atoms in total. The summed E-state index contributed by atoms with van der Waals surface area (Å²) in [5.74, 6) is -0.413. The molecule has 0 aliphatic carbocycles. The summed E-state index contributed by atoms with van der Waals surface area (Å²) in [5.41, 5.74) is 6.78. The molecule has 1 aromatic carbocycles. The number of primary amides is 1. The third kappa shape index (κ3) is 3.64. The van der Waals surface area contributed by atoms with E-state index in [9.17, 15) is 9.90 Å². The molecule has 0 fully saturated rings. The Balaban J connectivity index is 1.98. The minimum absolute atomic E-state index is 0.0259. The van der Waals surface area contributed by atoms with Crippen LogP contribution in [0.15, 0.2) is 41.8 Å². The molecule has 5 heteroatoms. The van der Waals surface area contributed by atoms with Crippen molar-refractivity contribution in [1.82, 2.24) is 5.32 Å². The van der Waals surface area contributed by atoms with Gasteiger partial charge in [0.15, 0.2) is 0 Å². The number of amides is 1. The van der Waals surface area contributed by atoms with Gasteiger partial charge in [-0.25, -0.2) is 0 Å². The molecule has 100 valence electrons. The number of hydrogen-bond donors (Lipinski definition) is 3. The molecule has 1 heterocycles. The zero-order valence-electron chi connectivity index (χ0n) is 10.4. The van der Waals surface area contributed by atoms with Gasteiger partial charge in [-0.3, -0.25) is 4.79 Å². The fraction of sp³-hybridized carbons (Fsp3) is 0.214.